The molecule has 0 bridgehead atoms. The molecule has 0 aliphatic carbocycles. The van der Waals surface area contributed by atoms with E-state index in [0.717, 1.165) is 29.9 Å². The van der Waals surface area contributed by atoms with Crippen LogP contribution in [0.2, 0.25) is 0 Å². The van der Waals surface area contributed by atoms with Gasteiger partial charge >= 0.3 is 0 Å². The molecule has 5 rings (SSSR count). The molecule has 0 amide bonds. The molecule has 1 aromatic carbocycles. The number of rotatable bonds is 5. The molecule has 4 heterocycles. The van der Waals surface area contributed by atoms with E-state index in [9.17, 15) is 0 Å². The molecule has 32 heavy (non-hydrogen) atoms. The van der Waals surface area contributed by atoms with Crippen LogP contribution in [-0.2, 0) is 6.54 Å². The van der Waals surface area contributed by atoms with Gasteiger partial charge in [0.2, 0.25) is 11.8 Å². The lowest BCUT2D eigenvalue weighted by Crippen LogP contribution is -2.24. The van der Waals surface area contributed by atoms with E-state index in [4.69, 9.17) is 14.5 Å². The molecule has 8 nitrogen and oxygen atoms in total. The number of anilines is 2. The predicted octanol–water partition coefficient (Wildman–Crippen LogP) is 3.98. The Labute approximate surface area is 186 Å². The molecule has 1 aliphatic heterocycles. The van der Waals surface area contributed by atoms with Crippen molar-refractivity contribution < 1.29 is 9.47 Å². The van der Waals surface area contributed by atoms with E-state index in [2.05, 4.69) is 39.4 Å². The van der Waals surface area contributed by atoms with Gasteiger partial charge in [-0.25, -0.2) is 4.98 Å². The lowest BCUT2D eigenvalue weighted by Gasteiger charge is -2.20. The van der Waals surface area contributed by atoms with E-state index < -0.39 is 0 Å². The Hall–Kier alpha value is -3.91. The van der Waals surface area contributed by atoms with Gasteiger partial charge in [0.15, 0.2) is 0 Å². The monoisotopic (exact) mass is 428 g/mol. The highest BCUT2D eigenvalue weighted by molar-refractivity contribution is 5.57. The van der Waals surface area contributed by atoms with Gasteiger partial charge in [-0.15, -0.1) is 0 Å². The Balaban J connectivity index is 1.41. The number of fused-ring (bicyclic) bond motifs is 1. The number of nitrogens with zero attached hydrogens (tertiary/aromatic N) is 5. The summed E-state index contributed by atoms with van der Waals surface area (Å²) in [5, 5.41) is 3.27. The molecule has 8 heteroatoms. The van der Waals surface area contributed by atoms with Crippen molar-refractivity contribution in [3.05, 3.63) is 84.4 Å². The minimum absolute atomic E-state index is 0.0853. The van der Waals surface area contributed by atoms with E-state index in [-0.39, 0.29) is 6.10 Å². The highest BCUT2D eigenvalue weighted by atomic mass is 16.5. The third-order valence-corrected chi connectivity index (χ3v) is 5.35. The van der Waals surface area contributed by atoms with E-state index in [0.29, 0.717) is 23.4 Å². The third-order valence-electron chi connectivity index (χ3n) is 5.35. The van der Waals surface area contributed by atoms with Crippen molar-refractivity contribution in [2.45, 2.75) is 12.6 Å². The lowest BCUT2D eigenvalue weighted by molar-refractivity contribution is 0.160. The number of ether oxygens (including phenoxy) is 2. The molecule has 0 spiro atoms. The maximum atomic E-state index is 6.36. The zero-order valence-corrected chi connectivity index (χ0v) is 18.0. The second-order valence-electron chi connectivity index (χ2n) is 7.69. The number of likely N-dealkylation sites (N-methyl/N-ethyl adjacent to an activating group) is 1. The Morgan fingerprint density at radius 3 is 2.62 bits per heavy atom. The third kappa shape index (κ3) is 4.13. The van der Waals surface area contributed by atoms with Gasteiger partial charge in [0.25, 0.3) is 0 Å². The first-order valence-electron chi connectivity index (χ1n) is 10.4. The van der Waals surface area contributed by atoms with Crippen molar-refractivity contribution in [3.8, 4) is 17.4 Å². The van der Waals surface area contributed by atoms with Crippen LogP contribution < -0.4 is 14.8 Å². The van der Waals surface area contributed by atoms with E-state index in [1.807, 2.05) is 53.2 Å². The zero-order chi connectivity index (χ0) is 21.9. The van der Waals surface area contributed by atoms with Gasteiger partial charge in [0, 0.05) is 31.0 Å². The summed E-state index contributed by atoms with van der Waals surface area (Å²) in [5.74, 6) is 2.41. The van der Waals surface area contributed by atoms with Gasteiger partial charge in [-0.3, -0.25) is 4.90 Å². The van der Waals surface area contributed by atoms with Crippen LogP contribution >= 0.6 is 0 Å². The molecule has 1 N–H and O–H groups in total. The molecule has 0 fully saturated rings. The molecule has 1 atom stereocenters. The number of hydrogen-bond acceptors (Lipinski definition) is 7. The summed E-state index contributed by atoms with van der Waals surface area (Å²) in [6.45, 7) is 1.56. The SMILES string of the molecule is COc1nc(Nc2ccc3c(n2)OC(c2ccccc2)CN(C)C3)ccc1-n1ccnc1. The number of imidazole rings is 1. The van der Waals surface area contributed by atoms with Crippen LogP contribution in [-0.4, -0.2) is 45.1 Å². The van der Waals surface area contributed by atoms with Crippen molar-refractivity contribution >= 4 is 11.6 Å². The van der Waals surface area contributed by atoms with Crippen molar-refractivity contribution in [1.29, 1.82) is 0 Å². The summed E-state index contributed by atoms with van der Waals surface area (Å²) in [6.07, 6.45) is 5.18. The number of benzene rings is 1. The standard InChI is InChI=1S/C24H24N6O2/c1-29-14-18-8-10-21(27-23(18)32-20(15-29)17-6-4-3-5-7-17)26-22-11-9-19(24(28-22)31-2)30-13-12-25-16-30/h3-13,16,20H,14-15H2,1-2H3,(H,26,27,28). The first kappa shape index (κ1) is 20.0. The van der Waals surface area contributed by atoms with E-state index >= 15 is 0 Å². The fourth-order valence-corrected chi connectivity index (χ4v) is 3.80. The zero-order valence-electron chi connectivity index (χ0n) is 18.0. The van der Waals surface area contributed by atoms with E-state index in [1.165, 1.54) is 0 Å². The van der Waals surface area contributed by atoms with Crippen LogP contribution in [0.4, 0.5) is 11.6 Å². The predicted molar refractivity (Wildman–Crippen MR) is 122 cm³/mol. The maximum absolute atomic E-state index is 6.36. The van der Waals surface area contributed by atoms with Crippen LogP contribution in [0.25, 0.3) is 5.69 Å². The molecule has 1 unspecified atom stereocenters. The first-order chi connectivity index (χ1) is 15.7. The largest absolute Gasteiger partial charge is 0.479 e. The number of methoxy groups -OCH3 is 1. The molecule has 4 aromatic rings. The highest BCUT2D eigenvalue weighted by Crippen LogP contribution is 2.31. The number of pyridine rings is 2. The average molecular weight is 428 g/mol. The molecule has 1 aliphatic rings. The van der Waals surface area contributed by atoms with Gasteiger partial charge in [0.1, 0.15) is 23.4 Å². The average Bonchev–Trinajstić information content (AvgIpc) is 3.29. The van der Waals surface area contributed by atoms with Crippen LogP contribution in [0.5, 0.6) is 11.8 Å². The molecule has 0 radical (unpaired) electrons. The van der Waals surface area contributed by atoms with Gasteiger partial charge in [-0.05, 0) is 36.9 Å². The minimum Gasteiger partial charge on any atom is -0.479 e. The lowest BCUT2D eigenvalue weighted by atomic mass is 10.1. The molecule has 3 aromatic heterocycles. The molecule has 0 saturated carbocycles. The van der Waals surface area contributed by atoms with Gasteiger partial charge in [-0.1, -0.05) is 30.3 Å². The Bertz CT molecular complexity index is 1200. The molecule has 162 valence electrons. The van der Waals surface area contributed by atoms with Gasteiger partial charge < -0.3 is 19.4 Å². The smallest absolute Gasteiger partial charge is 0.240 e. The normalized spacial score (nSPS) is 16.0. The topological polar surface area (TPSA) is 77.3 Å². The number of hydrogen-bond donors (Lipinski definition) is 1. The summed E-state index contributed by atoms with van der Waals surface area (Å²) >= 11 is 0. The number of aromatic nitrogens is 4. The number of nitrogens with one attached hydrogen (secondary N) is 1. The second-order valence-corrected chi connectivity index (χ2v) is 7.69. The fourth-order valence-electron chi connectivity index (χ4n) is 3.80. The molecule has 0 saturated heterocycles. The van der Waals surface area contributed by atoms with Crippen LogP contribution in [0.15, 0.2) is 73.3 Å². The van der Waals surface area contributed by atoms with Gasteiger partial charge in [0.05, 0.1) is 13.4 Å². The van der Waals surface area contributed by atoms with E-state index in [1.54, 1.807) is 19.6 Å². The second kappa shape index (κ2) is 8.68. The Morgan fingerprint density at radius 2 is 1.84 bits per heavy atom. The summed E-state index contributed by atoms with van der Waals surface area (Å²) in [7, 11) is 3.69. The van der Waals surface area contributed by atoms with Crippen molar-refractivity contribution in [2.24, 2.45) is 0 Å². The molecular weight excluding hydrogens is 404 g/mol. The minimum atomic E-state index is -0.0853. The first-order valence-corrected chi connectivity index (χ1v) is 10.4. The Morgan fingerprint density at radius 1 is 1.03 bits per heavy atom. The molecular formula is C24H24N6O2. The fraction of sp³-hybridized carbons (Fsp3) is 0.208. The summed E-state index contributed by atoms with van der Waals surface area (Å²) in [5.41, 5.74) is 2.99. The van der Waals surface area contributed by atoms with Crippen LogP contribution in [0.3, 0.4) is 0 Å². The summed E-state index contributed by atoms with van der Waals surface area (Å²) < 4.78 is 13.7. The Kier molecular flexibility index (Phi) is 5.43. The van der Waals surface area contributed by atoms with Crippen LogP contribution in [0.1, 0.15) is 17.2 Å². The van der Waals surface area contributed by atoms with Crippen molar-refractivity contribution in [1.82, 2.24) is 24.4 Å². The maximum Gasteiger partial charge on any atom is 0.240 e. The quantitative estimate of drug-likeness (QED) is 0.515. The highest BCUT2D eigenvalue weighted by Gasteiger charge is 2.23. The van der Waals surface area contributed by atoms with Gasteiger partial charge in [-0.2, -0.15) is 9.97 Å². The van der Waals surface area contributed by atoms with Crippen molar-refractivity contribution in [2.75, 3.05) is 26.0 Å². The summed E-state index contributed by atoms with van der Waals surface area (Å²) in [6, 6.07) is 18.0. The van der Waals surface area contributed by atoms with Crippen LogP contribution in [0, 0.1) is 0 Å². The summed E-state index contributed by atoms with van der Waals surface area (Å²) in [4.78, 5) is 15.7. The van der Waals surface area contributed by atoms with Crippen molar-refractivity contribution in [3.63, 3.8) is 0 Å².